The van der Waals surface area contributed by atoms with Crippen molar-refractivity contribution in [2.24, 2.45) is 5.73 Å². The van der Waals surface area contributed by atoms with Gasteiger partial charge in [0.15, 0.2) is 5.78 Å². The molecule has 2 nitrogen and oxygen atoms in total. The Balaban J connectivity index is 4.87. The lowest BCUT2D eigenvalue weighted by molar-refractivity contribution is -0.113. The minimum Gasteiger partial charge on any atom is -0.399 e. The van der Waals surface area contributed by atoms with Crippen molar-refractivity contribution in [2.75, 3.05) is 0 Å². The van der Waals surface area contributed by atoms with E-state index in [1.807, 2.05) is 6.92 Å². The lowest BCUT2D eigenvalue weighted by atomic mass is 10.0. The van der Waals surface area contributed by atoms with Crippen LogP contribution in [-0.2, 0) is 4.79 Å². The van der Waals surface area contributed by atoms with Crippen LogP contribution in [0.1, 0.15) is 20.8 Å². The van der Waals surface area contributed by atoms with Gasteiger partial charge < -0.3 is 5.73 Å². The average molecular weight is 165 g/mol. The van der Waals surface area contributed by atoms with Crippen LogP contribution in [0.2, 0.25) is 0 Å². The summed E-state index contributed by atoms with van der Waals surface area (Å²) < 4.78 is 0. The van der Waals surface area contributed by atoms with E-state index in [0.29, 0.717) is 11.3 Å². The van der Waals surface area contributed by atoms with Gasteiger partial charge in [0.05, 0.1) is 0 Å². The Kier molecular flexibility index (Phi) is 4.05. The Hall–Kier alpha value is -1.31. The Labute approximate surface area is 73.5 Å². The molecule has 0 bridgehead atoms. The molecule has 12 heavy (non-hydrogen) atoms. The molecule has 0 radical (unpaired) electrons. The minimum absolute atomic E-state index is 0.00713. The molecule has 2 N–H and O–H groups in total. The molecule has 0 fully saturated rings. The molecule has 0 aromatic heterocycles. The predicted octanol–water partition coefficient (Wildman–Crippen LogP) is 1.94. The number of ketones is 1. The van der Waals surface area contributed by atoms with Crippen molar-refractivity contribution < 1.29 is 4.79 Å². The molecule has 66 valence electrons. The second kappa shape index (κ2) is 4.54. The number of allylic oxidation sites excluding steroid dienone is 4. The van der Waals surface area contributed by atoms with Crippen molar-refractivity contribution in [3.05, 3.63) is 35.6 Å². The SMILES string of the molecule is C=C(C)/C(=C\C(N)=CC)C(C)=O. The van der Waals surface area contributed by atoms with Gasteiger partial charge in [-0.25, -0.2) is 0 Å². The van der Waals surface area contributed by atoms with Gasteiger partial charge in [0.1, 0.15) is 0 Å². The molecule has 0 amide bonds. The fraction of sp³-hybridized carbons (Fsp3) is 0.300. The maximum Gasteiger partial charge on any atom is 0.160 e. The summed E-state index contributed by atoms with van der Waals surface area (Å²) >= 11 is 0. The zero-order valence-corrected chi connectivity index (χ0v) is 7.85. The van der Waals surface area contributed by atoms with E-state index in [2.05, 4.69) is 6.58 Å². The molecule has 0 rings (SSSR count). The summed E-state index contributed by atoms with van der Waals surface area (Å²) in [4.78, 5) is 11.0. The van der Waals surface area contributed by atoms with E-state index in [1.165, 1.54) is 6.92 Å². The van der Waals surface area contributed by atoms with Crippen LogP contribution in [0.5, 0.6) is 0 Å². The van der Waals surface area contributed by atoms with E-state index in [4.69, 9.17) is 5.73 Å². The first kappa shape index (κ1) is 10.7. The molecule has 0 aliphatic rings. The fourth-order valence-electron chi connectivity index (χ4n) is 0.775. The molecular formula is C10H15NO. The fourth-order valence-corrected chi connectivity index (χ4v) is 0.775. The van der Waals surface area contributed by atoms with E-state index in [9.17, 15) is 4.79 Å². The number of carbonyl (C=O) groups excluding carboxylic acids is 1. The highest BCUT2D eigenvalue weighted by atomic mass is 16.1. The van der Waals surface area contributed by atoms with Gasteiger partial charge in [-0.3, -0.25) is 4.79 Å². The van der Waals surface area contributed by atoms with Gasteiger partial charge in [-0.1, -0.05) is 12.7 Å². The molecule has 0 heterocycles. The van der Waals surface area contributed by atoms with Crippen LogP contribution >= 0.6 is 0 Å². The molecule has 0 spiro atoms. The highest BCUT2D eigenvalue weighted by Crippen LogP contribution is 2.09. The molecule has 0 aliphatic carbocycles. The highest BCUT2D eigenvalue weighted by Gasteiger charge is 2.03. The van der Waals surface area contributed by atoms with Gasteiger partial charge in [0.25, 0.3) is 0 Å². The largest absolute Gasteiger partial charge is 0.399 e. The van der Waals surface area contributed by atoms with Gasteiger partial charge >= 0.3 is 0 Å². The number of nitrogens with two attached hydrogens (primary N) is 1. The predicted molar refractivity (Wildman–Crippen MR) is 51.5 cm³/mol. The summed E-state index contributed by atoms with van der Waals surface area (Å²) in [5.41, 5.74) is 7.46. The zero-order chi connectivity index (χ0) is 9.72. The summed E-state index contributed by atoms with van der Waals surface area (Å²) in [6.07, 6.45) is 3.39. The lowest BCUT2D eigenvalue weighted by Crippen LogP contribution is -2.01. The third kappa shape index (κ3) is 3.19. The van der Waals surface area contributed by atoms with Crippen molar-refractivity contribution in [3.63, 3.8) is 0 Å². The van der Waals surface area contributed by atoms with E-state index in [1.54, 1.807) is 19.1 Å². The van der Waals surface area contributed by atoms with Crippen LogP contribution < -0.4 is 5.73 Å². The zero-order valence-electron chi connectivity index (χ0n) is 7.85. The number of carbonyl (C=O) groups is 1. The topological polar surface area (TPSA) is 43.1 Å². The summed E-state index contributed by atoms with van der Waals surface area (Å²) in [6, 6.07) is 0. The Morgan fingerprint density at radius 3 is 2.17 bits per heavy atom. The van der Waals surface area contributed by atoms with Gasteiger partial charge in [0.2, 0.25) is 0 Å². The van der Waals surface area contributed by atoms with Gasteiger partial charge in [-0.05, 0) is 32.4 Å². The second-order valence-electron chi connectivity index (χ2n) is 2.68. The van der Waals surface area contributed by atoms with Crippen molar-refractivity contribution in [3.8, 4) is 0 Å². The number of rotatable bonds is 3. The molecule has 0 saturated carbocycles. The van der Waals surface area contributed by atoms with Crippen LogP contribution in [0.4, 0.5) is 0 Å². The lowest BCUT2D eigenvalue weighted by Gasteiger charge is -2.01. The summed E-state index contributed by atoms with van der Waals surface area (Å²) in [5.74, 6) is -0.00713. The maximum absolute atomic E-state index is 11.0. The first-order valence-corrected chi connectivity index (χ1v) is 3.79. The smallest absolute Gasteiger partial charge is 0.160 e. The third-order valence-electron chi connectivity index (χ3n) is 1.48. The van der Waals surface area contributed by atoms with Crippen LogP contribution in [0, 0.1) is 0 Å². The number of hydrogen-bond acceptors (Lipinski definition) is 2. The first-order valence-electron chi connectivity index (χ1n) is 3.79. The monoisotopic (exact) mass is 165 g/mol. The average Bonchev–Trinajstić information content (AvgIpc) is 1.98. The summed E-state index contributed by atoms with van der Waals surface area (Å²) in [7, 11) is 0. The van der Waals surface area contributed by atoms with E-state index in [0.717, 1.165) is 5.57 Å². The Morgan fingerprint density at radius 1 is 1.42 bits per heavy atom. The van der Waals surface area contributed by atoms with Gasteiger partial charge in [-0.15, -0.1) is 0 Å². The summed E-state index contributed by atoms with van der Waals surface area (Å²) in [6.45, 7) is 8.80. The van der Waals surface area contributed by atoms with Crippen molar-refractivity contribution in [1.29, 1.82) is 0 Å². The first-order chi connectivity index (χ1) is 5.49. The minimum atomic E-state index is -0.00713. The standard InChI is InChI=1S/C10H15NO/c1-5-9(11)6-10(7(2)3)8(4)12/h5-6H,2,11H2,1,3-4H3/b9-5?,10-6+. The van der Waals surface area contributed by atoms with Crippen LogP contribution in [0.3, 0.4) is 0 Å². The van der Waals surface area contributed by atoms with Crippen LogP contribution in [-0.4, -0.2) is 5.78 Å². The van der Waals surface area contributed by atoms with Crippen molar-refractivity contribution in [1.82, 2.24) is 0 Å². The van der Waals surface area contributed by atoms with Gasteiger partial charge in [0, 0.05) is 11.3 Å². The third-order valence-corrected chi connectivity index (χ3v) is 1.48. The van der Waals surface area contributed by atoms with Crippen LogP contribution in [0.15, 0.2) is 35.6 Å². The maximum atomic E-state index is 11.0. The Bertz CT molecular complexity index is 243. The van der Waals surface area contributed by atoms with Crippen molar-refractivity contribution >= 4 is 5.78 Å². The van der Waals surface area contributed by atoms with Crippen LogP contribution in [0.25, 0.3) is 0 Å². The molecule has 0 saturated heterocycles. The quantitative estimate of drug-likeness (QED) is 0.513. The molecule has 0 aromatic carbocycles. The molecule has 2 heteroatoms. The molecular weight excluding hydrogens is 150 g/mol. The number of hydrogen-bond donors (Lipinski definition) is 1. The molecule has 0 unspecified atom stereocenters. The van der Waals surface area contributed by atoms with E-state index in [-0.39, 0.29) is 5.78 Å². The number of Topliss-reactive ketones (excluding diaryl/α,β-unsaturated/α-hetero) is 1. The normalized spacial score (nSPS) is 12.9. The summed E-state index contributed by atoms with van der Waals surface area (Å²) in [5, 5.41) is 0. The Morgan fingerprint density at radius 2 is 1.92 bits per heavy atom. The van der Waals surface area contributed by atoms with Gasteiger partial charge in [-0.2, -0.15) is 0 Å². The molecule has 0 aliphatic heterocycles. The second-order valence-corrected chi connectivity index (χ2v) is 2.68. The molecule has 0 atom stereocenters. The molecule has 0 aromatic rings. The van der Waals surface area contributed by atoms with E-state index < -0.39 is 0 Å². The highest BCUT2D eigenvalue weighted by molar-refractivity contribution is 5.97. The van der Waals surface area contributed by atoms with Crippen molar-refractivity contribution in [2.45, 2.75) is 20.8 Å². The van der Waals surface area contributed by atoms with E-state index >= 15 is 0 Å².